The fourth-order valence-electron chi connectivity index (χ4n) is 4.60. The standard InChI is InChI=1S/C18H26N2O/c1-19-14-10-15-6-4-7-16(11-14)20(15)12-17-9-13-5-2-3-8-18(13)21-17/h2-3,5,8,14-17,19H,4,6-7,9-12H2,1H3. The minimum atomic E-state index is 0.358. The van der Waals surface area contributed by atoms with Gasteiger partial charge in [0.05, 0.1) is 0 Å². The van der Waals surface area contributed by atoms with Gasteiger partial charge in [-0.15, -0.1) is 0 Å². The van der Waals surface area contributed by atoms with E-state index >= 15 is 0 Å². The molecule has 3 aliphatic rings. The molecule has 2 saturated heterocycles. The average Bonchev–Trinajstić information content (AvgIpc) is 2.89. The predicted octanol–water partition coefficient (Wildman–Crippen LogP) is 2.60. The fraction of sp³-hybridized carbons (Fsp3) is 0.667. The third-order valence-electron chi connectivity index (χ3n) is 5.66. The van der Waals surface area contributed by atoms with Crippen LogP contribution in [0.2, 0.25) is 0 Å². The Morgan fingerprint density at radius 3 is 2.67 bits per heavy atom. The average molecular weight is 286 g/mol. The Morgan fingerprint density at radius 2 is 1.95 bits per heavy atom. The Bertz CT molecular complexity index is 465. The van der Waals surface area contributed by atoms with Gasteiger partial charge in [0.15, 0.2) is 0 Å². The quantitative estimate of drug-likeness (QED) is 0.924. The number of ether oxygens (including phenoxy) is 1. The Kier molecular flexibility index (Phi) is 3.64. The van der Waals surface area contributed by atoms with E-state index < -0.39 is 0 Å². The van der Waals surface area contributed by atoms with Crippen LogP contribution >= 0.6 is 0 Å². The van der Waals surface area contributed by atoms with Gasteiger partial charge in [-0.2, -0.15) is 0 Å². The normalized spacial score (nSPS) is 35.3. The van der Waals surface area contributed by atoms with Gasteiger partial charge in [-0.25, -0.2) is 0 Å². The molecule has 3 atom stereocenters. The molecule has 3 nitrogen and oxygen atoms in total. The number of benzene rings is 1. The van der Waals surface area contributed by atoms with Crippen molar-refractivity contribution in [2.75, 3.05) is 13.6 Å². The van der Waals surface area contributed by atoms with Crippen molar-refractivity contribution >= 4 is 0 Å². The van der Waals surface area contributed by atoms with E-state index in [1.54, 1.807) is 0 Å². The van der Waals surface area contributed by atoms with Crippen LogP contribution in [0.4, 0.5) is 0 Å². The number of rotatable bonds is 3. The Hall–Kier alpha value is -1.06. The molecule has 0 aliphatic carbocycles. The third-order valence-corrected chi connectivity index (χ3v) is 5.66. The number of hydrogen-bond acceptors (Lipinski definition) is 3. The van der Waals surface area contributed by atoms with E-state index in [1.807, 2.05) is 0 Å². The molecule has 0 amide bonds. The molecular weight excluding hydrogens is 260 g/mol. The molecule has 3 heterocycles. The number of para-hydroxylation sites is 1. The Balaban J connectivity index is 1.44. The number of piperidine rings is 2. The number of hydrogen-bond donors (Lipinski definition) is 1. The van der Waals surface area contributed by atoms with Crippen LogP contribution in [0, 0.1) is 0 Å². The molecular formula is C18H26N2O. The first kappa shape index (κ1) is 13.6. The van der Waals surface area contributed by atoms with Crippen molar-refractivity contribution in [2.45, 2.75) is 62.8 Å². The maximum Gasteiger partial charge on any atom is 0.123 e. The lowest BCUT2D eigenvalue weighted by Gasteiger charge is -2.49. The lowest BCUT2D eigenvalue weighted by molar-refractivity contribution is 0.00125. The summed E-state index contributed by atoms with van der Waals surface area (Å²) >= 11 is 0. The highest BCUT2D eigenvalue weighted by Crippen LogP contribution is 2.36. The third kappa shape index (κ3) is 2.58. The first-order valence-corrected chi connectivity index (χ1v) is 8.51. The van der Waals surface area contributed by atoms with E-state index in [2.05, 4.69) is 41.5 Å². The summed E-state index contributed by atoms with van der Waals surface area (Å²) in [4.78, 5) is 2.77. The molecule has 114 valence electrons. The summed E-state index contributed by atoms with van der Waals surface area (Å²) < 4.78 is 6.17. The van der Waals surface area contributed by atoms with E-state index in [9.17, 15) is 0 Å². The van der Waals surface area contributed by atoms with Crippen LogP contribution in [0.25, 0.3) is 0 Å². The van der Waals surface area contributed by atoms with Gasteiger partial charge in [0, 0.05) is 31.1 Å². The van der Waals surface area contributed by atoms with Crippen molar-refractivity contribution in [1.82, 2.24) is 10.2 Å². The van der Waals surface area contributed by atoms with Crippen molar-refractivity contribution in [3.8, 4) is 5.75 Å². The molecule has 0 saturated carbocycles. The van der Waals surface area contributed by atoms with Crippen LogP contribution in [0.5, 0.6) is 5.75 Å². The molecule has 3 unspecified atom stereocenters. The van der Waals surface area contributed by atoms with Gasteiger partial charge in [-0.3, -0.25) is 4.90 Å². The van der Waals surface area contributed by atoms with Gasteiger partial charge in [-0.1, -0.05) is 24.6 Å². The Morgan fingerprint density at radius 1 is 1.19 bits per heavy atom. The summed E-state index contributed by atoms with van der Waals surface area (Å²) in [6.07, 6.45) is 8.22. The highest BCUT2D eigenvalue weighted by molar-refractivity contribution is 5.37. The highest BCUT2D eigenvalue weighted by atomic mass is 16.5. The number of nitrogens with zero attached hydrogens (tertiary/aromatic N) is 1. The largest absolute Gasteiger partial charge is 0.488 e. The second kappa shape index (κ2) is 5.62. The summed E-state index contributed by atoms with van der Waals surface area (Å²) in [5.74, 6) is 1.11. The van der Waals surface area contributed by atoms with Crippen LogP contribution in [-0.2, 0) is 6.42 Å². The van der Waals surface area contributed by atoms with Gasteiger partial charge in [-0.05, 0) is 44.4 Å². The van der Waals surface area contributed by atoms with Crippen LogP contribution < -0.4 is 10.1 Å². The maximum absolute atomic E-state index is 6.17. The summed E-state index contributed by atoms with van der Waals surface area (Å²) in [5.41, 5.74) is 1.39. The van der Waals surface area contributed by atoms with Gasteiger partial charge >= 0.3 is 0 Å². The molecule has 1 N–H and O–H groups in total. The zero-order valence-electron chi connectivity index (χ0n) is 12.9. The molecule has 0 aromatic heterocycles. The highest BCUT2D eigenvalue weighted by Gasteiger charge is 2.39. The summed E-state index contributed by atoms with van der Waals surface area (Å²) in [6.45, 7) is 1.11. The molecule has 3 aliphatic heterocycles. The SMILES string of the molecule is CNC1CC2CCCC(C1)N2CC1Cc2ccccc2O1. The molecule has 3 heteroatoms. The smallest absolute Gasteiger partial charge is 0.123 e. The topological polar surface area (TPSA) is 24.5 Å². The van der Waals surface area contributed by atoms with E-state index in [0.29, 0.717) is 6.10 Å². The van der Waals surface area contributed by atoms with E-state index in [1.165, 1.54) is 37.7 Å². The predicted molar refractivity (Wildman–Crippen MR) is 84.8 cm³/mol. The number of fused-ring (bicyclic) bond motifs is 3. The molecule has 4 rings (SSSR count). The molecule has 0 spiro atoms. The molecule has 0 radical (unpaired) electrons. The van der Waals surface area contributed by atoms with Crippen molar-refractivity contribution in [3.05, 3.63) is 29.8 Å². The van der Waals surface area contributed by atoms with E-state index in [4.69, 9.17) is 4.74 Å². The number of nitrogens with one attached hydrogen (secondary N) is 1. The van der Waals surface area contributed by atoms with E-state index in [-0.39, 0.29) is 0 Å². The van der Waals surface area contributed by atoms with Crippen molar-refractivity contribution in [3.63, 3.8) is 0 Å². The van der Waals surface area contributed by atoms with Crippen LogP contribution in [0.15, 0.2) is 24.3 Å². The Labute approximate surface area is 127 Å². The lowest BCUT2D eigenvalue weighted by Crippen LogP contribution is -2.57. The van der Waals surface area contributed by atoms with Crippen LogP contribution in [-0.4, -0.2) is 42.7 Å². The molecule has 2 fully saturated rings. The van der Waals surface area contributed by atoms with Gasteiger partial charge < -0.3 is 10.1 Å². The van der Waals surface area contributed by atoms with Crippen molar-refractivity contribution < 1.29 is 4.74 Å². The second-order valence-corrected chi connectivity index (χ2v) is 6.94. The summed E-state index contributed by atoms with van der Waals surface area (Å²) in [7, 11) is 2.12. The molecule has 21 heavy (non-hydrogen) atoms. The first-order chi connectivity index (χ1) is 10.3. The van der Waals surface area contributed by atoms with Crippen molar-refractivity contribution in [1.29, 1.82) is 0 Å². The van der Waals surface area contributed by atoms with Crippen LogP contribution in [0.3, 0.4) is 0 Å². The lowest BCUT2D eigenvalue weighted by atomic mass is 9.81. The fourth-order valence-corrected chi connectivity index (χ4v) is 4.60. The molecule has 1 aromatic rings. The monoisotopic (exact) mass is 286 g/mol. The van der Waals surface area contributed by atoms with Gasteiger partial charge in [0.1, 0.15) is 11.9 Å². The minimum absolute atomic E-state index is 0.358. The van der Waals surface area contributed by atoms with Gasteiger partial charge in [0.25, 0.3) is 0 Å². The molecule has 2 bridgehead atoms. The second-order valence-electron chi connectivity index (χ2n) is 6.94. The molecule has 1 aromatic carbocycles. The zero-order valence-corrected chi connectivity index (χ0v) is 12.9. The maximum atomic E-state index is 6.17. The first-order valence-electron chi connectivity index (χ1n) is 8.51. The van der Waals surface area contributed by atoms with Crippen molar-refractivity contribution in [2.24, 2.45) is 0 Å². The van der Waals surface area contributed by atoms with Crippen LogP contribution in [0.1, 0.15) is 37.7 Å². The zero-order chi connectivity index (χ0) is 14.2. The minimum Gasteiger partial charge on any atom is -0.488 e. The summed E-state index contributed by atoms with van der Waals surface area (Å²) in [6, 6.07) is 10.8. The summed E-state index contributed by atoms with van der Waals surface area (Å²) in [5, 5.41) is 3.50. The van der Waals surface area contributed by atoms with E-state index in [0.717, 1.165) is 36.8 Å². The van der Waals surface area contributed by atoms with Gasteiger partial charge in [0.2, 0.25) is 0 Å².